The smallest absolute Gasteiger partial charge is 0.317 e. The largest absolute Gasteiger partial charge is 0.455 e. The Hall–Kier alpha value is -2.14. The zero-order valence-corrected chi connectivity index (χ0v) is 15.6. The fourth-order valence-corrected chi connectivity index (χ4v) is 3.58. The molecule has 130 valence electrons. The van der Waals surface area contributed by atoms with E-state index in [4.69, 9.17) is 4.74 Å². The molecule has 0 heterocycles. The van der Waals surface area contributed by atoms with Gasteiger partial charge in [-0.2, -0.15) is 0 Å². The van der Waals surface area contributed by atoms with Crippen LogP contribution in [-0.2, 0) is 19.7 Å². The molecule has 0 aromatic heterocycles. The molecule has 2 aromatic carbocycles. The van der Waals surface area contributed by atoms with Gasteiger partial charge in [-0.15, -0.1) is 0 Å². The van der Waals surface area contributed by atoms with Crippen LogP contribution in [0.3, 0.4) is 0 Å². The van der Waals surface area contributed by atoms with E-state index in [2.05, 4.69) is 21.2 Å². The van der Waals surface area contributed by atoms with Crippen molar-refractivity contribution < 1.29 is 14.3 Å². The van der Waals surface area contributed by atoms with Crippen LogP contribution in [0, 0.1) is 0 Å². The van der Waals surface area contributed by atoms with Gasteiger partial charge >= 0.3 is 5.97 Å². The number of ether oxygens (including phenoxy) is 1. The minimum Gasteiger partial charge on any atom is -0.455 e. The number of carbonyl (C=O) groups is 2. The Kier molecular flexibility index (Phi) is 5.23. The van der Waals surface area contributed by atoms with Crippen molar-refractivity contribution in [3.8, 4) is 0 Å². The van der Waals surface area contributed by atoms with E-state index in [1.54, 1.807) is 0 Å². The van der Waals surface area contributed by atoms with Crippen molar-refractivity contribution in [1.82, 2.24) is 5.32 Å². The lowest BCUT2D eigenvalue weighted by atomic mass is 9.96. The first kappa shape index (κ1) is 17.7. The summed E-state index contributed by atoms with van der Waals surface area (Å²) in [5.74, 6) is -0.622. The quantitative estimate of drug-likeness (QED) is 0.746. The van der Waals surface area contributed by atoms with Gasteiger partial charge in [-0.05, 0) is 37.0 Å². The van der Waals surface area contributed by atoms with Gasteiger partial charge in [-0.3, -0.25) is 9.59 Å². The predicted octanol–water partition coefficient (Wildman–Crippen LogP) is 3.90. The fourth-order valence-electron chi connectivity index (χ4n) is 2.95. The molecule has 5 heteroatoms. The zero-order valence-electron chi connectivity index (χ0n) is 14.0. The van der Waals surface area contributed by atoms with Crippen molar-refractivity contribution in [3.63, 3.8) is 0 Å². The molecule has 2 aromatic rings. The Balaban J connectivity index is 1.54. The van der Waals surface area contributed by atoms with Crippen molar-refractivity contribution >= 4 is 27.8 Å². The van der Waals surface area contributed by atoms with Crippen LogP contribution >= 0.6 is 15.9 Å². The van der Waals surface area contributed by atoms with Crippen LogP contribution < -0.4 is 5.32 Å². The van der Waals surface area contributed by atoms with E-state index in [9.17, 15) is 9.59 Å². The van der Waals surface area contributed by atoms with Crippen LogP contribution in [0.1, 0.15) is 36.9 Å². The molecule has 0 unspecified atom stereocenters. The predicted molar refractivity (Wildman–Crippen MR) is 99.0 cm³/mol. The number of rotatable bonds is 6. The van der Waals surface area contributed by atoms with Crippen LogP contribution in [-0.4, -0.2) is 18.5 Å². The van der Waals surface area contributed by atoms with Gasteiger partial charge in [0, 0.05) is 4.47 Å². The molecule has 4 nitrogen and oxygen atoms in total. The van der Waals surface area contributed by atoms with E-state index in [-0.39, 0.29) is 24.5 Å². The monoisotopic (exact) mass is 401 g/mol. The second-order valence-corrected chi connectivity index (χ2v) is 7.19. The van der Waals surface area contributed by atoms with Crippen LogP contribution in [0.4, 0.5) is 0 Å². The van der Waals surface area contributed by atoms with E-state index in [1.807, 2.05) is 61.5 Å². The lowest BCUT2D eigenvalue weighted by molar-refractivity contribution is -0.151. The molecule has 0 radical (unpaired) electrons. The number of nitrogens with one attached hydrogen (secondary N) is 1. The summed E-state index contributed by atoms with van der Waals surface area (Å²) in [7, 11) is 0. The van der Waals surface area contributed by atoms with Gasteiger partial charge in [-0.25, -0.2) is 0 Å². The summed E-state index contributed by atoms with van der Waals surface area (Å²) in [5.41, 5.74) is 1.38. The maximum atomic E-state index is 12.4. The van der Waals surface area contributed by atoms with Gasteiger partial charge < -0.3 is 10.1 Å². The van der Waals surface area contributed by atoms with Gasteiger partial charge in [0.05, 0.1) is 11.5 Å². The van der Waals surface area contributed by atoms with Crippen molar-refractivity contribution in [2.24, 2.45) is 0 Å². The maximum absolute atomic E-state index is 12.4. The van der Waals surface area contributed by atoms with Crippen LogP contribution in [0.5, 0.6) is 0 Å². The number of hydrogen-bond donors (Lipinski definition) is 1. The summed E-state index contributed by atoms with van der Waals surface area (Å²) in [6.45, 7) is 1.63. The molecule has 1 fully saturated rings. The highest BCUT2D eigenvalue weighted by Crippen LogP contribution is 2.49. The van der Waals surface area contributed by atoms with E-state index >= 15 is 0 Å². The highest BCUT2D eigenvalue weighted by Gasteiger charge is 2.52. The second-order valence-electron chi connectivity index (χ2n) is 6.33. The summed E-state index contributed by atoms with van der Waals surface area (Å²) >= 11 is 3.47. The number of amides is 1. The van der Waals surface area contributed by atoms with Gasteiger partial charge in [-0.1, -0.05) is 64.5 Å². The average Bonchev–Trinajstić information content (AvgIpc) is 3.43. The fraction of sp³-hybridized carbons (Fsp3) is 0.300. The summed E-state index contributed by atoms with van der Waals surface area (Å²) in [5, 5.41) is 2.86. The molecular formula is C20H20BrNO3. The Morgan fingerprint density at radius 2 is 1.76 bits per heavy atom. The molecule has 3 rings (SSSR count). The average molecular weight is 402 g/mol. The molecule has 1 atom stereocenters. The van der Waals surface area contributed by atoms with Crippen molar-refractivity contribution in [3.05, 3.63) is 70.2 Å². The topological polar surface area (TPSA) is 55.4 Å². The number of halogens is 1. The number of carbonyl (C=O) groups excluding carboxylic acids is 2. The molecular weight excluding hydrogens is 382 g/mol. The first-order chi connectivity index (χ1) is 12.0. The lowest BCUT2D eigenvalue weighted by Crippen LogP contribution is -2.33. The minimum atomic E-state index is -0.560. The van der Waals surface area contributed by atoms with Gasteiger partial charge in [0.2, 0.25) is 0 Å². The molecule has 1 saturated carbocycles. The Bertz CT molecular complexity index is 772. The third-order valence-corrected chi connectivity index (χ3v) is 5.27. The van der Waals surface area contributed by atoms with Crippen molar-refractivity contribution in [1.29, 1.82) is 0 Å². The van der Waals surface area contributed by atoms with Gasteiger partial charge in [0.1, 0.15) is 0 Å². The Labute approximate surface area is 155 Å². The SMILES string of the molecule is C[C@H](NC(=O)COC(=O)C1(c2ccccc2)CC1)c1ccccc1Br. The summed E-state index contributed by atoms with van der Waals surface area (Å²) in [6.07, 6.45) is 1.54. The third-order valence-electron chi connectivity index (χ3n) is 4.55. The van der Waals surface area contributed by atoms with E-state index in [0.717, 1.165) is 28.4 Å². The van der Waals surface area contributed by atoms with Crippen LogP contribution in [0.15, 0.2) is 59.1 Å². The van der Waals surface area contributed by atoms with Gasteiger partial charge in [0.15, 0.2) is 6.61 Å². The number of benzene rings is 2. The molecule has 1 N–H and O–H groups in total. The van der Waals surface area contributed by atoms with E-state index in [1.165, 1.54) is 0 Å². The van der Waals surface area contributed by atoms with Crippen molar-refractivity contribution in [2.45, 2.75) is 31.2 Å². The van der Waals surface area contributed by atoms with Gasteiger partial charge in [0.25, 0.3) is 5.91 Å². The first-order valence-electron chi connectivity index (χ1n) is 8.29. The van der Waals surface area contributed by atoms with E-state index in [0.29, 0.717) is 0 Å². The summed E-state index contributed by atoms with van der Waals surface area (Å²) in [6, 6.07) is 17.1. The lowest BCUT2D eigenvalue weighted by Gasteiger charge is -2.17. The molecule has 1 aliphatic rings. The molecule has 1 aliphatic carbocycles. The minimum absolute atomic E-state index is 0.175. The highest BCUT2D eigenvalue weighted by atomic mass is 79.9. The Morgan fingerprint density at radius 1 is 1.12 bits per heavy atom. The normalized spacial score (nSPS) is 15.9. The second kappa shape index (κ2) is 7.40. The van der Waals surface area contributed by atoms with Crippen LogP contribution in [0.25, 0.3) is 0 Å². The summed E-state index contributed by atoms with van der Waals surface area (Å²) in [4.78, 5) is 24.6. The Morgan fingerprint density at radius 3 is 2.40 bits per heavy atom. The molecule has 1 amide bonds. The van der Waals surface area contributed by atoms with Crippen LogP contribution in [0.2, 0.25) is 0 Å². The molecule has 0 aliphatic heterocycles. The maximum Gasteiger partial charge on any atom is 0.317 e. The third kappa shape index (κ3) is 3.93. The molecule has 0 saturated heterocycles. The van der Waals surface area contributed by atoms with Crippen molar-refractivity contribution in [2.75, 3.05) is 6.61 Å². The van der Waals surface area contributed by atoms with E-state index < -0.39 is 5.41 Å². The molecule has 0 bridgehead atoms. The highest BCUT2D eigenvalue weighted by molar-refractivity contribution is 9.10. The molecule has 0 spiro atoms. The number of hydrogen-bond acceptors (Lipinski definition) is 3. The zero-order chi connectivity index (χ0) is 17.9. The standard InChI is InChI=1S/C20H20BrNO3/c1-14(16-9-5-6-10-17(16)21)22-18(23)13-25-19(24)20(11-12-20)15-7-3-2-4-8-15/h2-10,14H,11-13H2,1H3,(H,22,23)/t14-/m0/s1. The number of esters is 1. The molecule has 25 heavy (non-hydrogen) atoms. The summed E-state index contributed by atoms with van der Waals surface area (Å²) < 4.78 is 6.22. The first-order valence-corrected chi connectivity index (χ1v) is 9.09.